The molecule has 0 saturated carbocycles. The lowest BCUT2D eigenvalue weighted by atomic mass is 10.1. The summed E-state index contributed by atoms with van der Waals surface area (Å²) in [5.74, 6) is 1.73. The van der Waals surface area contributed by atoms with Crippen LogP contribution < -0.4 is 15.4 Å². The predicted molar refractivity (Wildman–Crippen MR) is 98.5 cm³/mol. The molecule has 0 aromatic heterocycles. The van der Waals surface area contributed by atoms with E-state index in [1.54, 1.807) is 6.07 Å². The average molecular weight is 334 g/mol. The minimum atomic E-state index is 0.114. The van der Waals surface area contributed by atoms with Gasteiger partial charge in [0.15, 0.2) is 5.96 Å². The van der Waals surface area contributed by atoms with Crippen LogP contribution in [0, 0.1) is 11.3 Å². The second-order valence-electron chi connectivity index (χ2n) is 5.94. The maximum Gasteiger partial charge on any atom is 0.191 e. The van der Waals surface area contributed by atoms with E-state index in [9.17, 15) is 0 Å². The Balaban J connectivity index is 1.57. The summed E-state index contributed by atoms with van der Waals surface area (Å²) in [5.41, 5.74) is 2.92. The zero-order valence-corrected chi connectivity index (χ0v) is 14.3. The van der Waals surface area contributed by atoms with E-state index in [-0.39, 0.29) is 6.10 Å². The molecule has 5 heteroatoms. The zero-order valence-electron chi connectivity index (χ0n) is 14.3. The number of aliphatic imine (C=N–C) groups is 1. The van der Waals surface area contributed by atoms with Crippen LogP contribution in [0.4, 0.5) is 0 Å². The number of benzene rings is 2. The molecular weight excluding hydrogens is 312 g/mol. The summed E-state index contributed by atoms with van der Waals surface area (Å²) in [4.78, 5) is 4.60. The molecule has 0 amide bonds. The first kappa shape index (κ1) is 16.8. The van der Waals surface area contributed by atoms with E-state index in [0.29, 0.717) is 18.7 Å². The van der Waals surface area contributed by atoms with Crippen LogP contribution in [0.2, 0.25) is 0 Å². The smallest absolute Gasteiger partial charge is 0.191 e. The fourth-order valence-corrected chi connectivity index (χ4v) is 2.83. The Kier molecular flexibility index (Phi) is 5.53. The molecule has 0 spiro atoms. The summed E-state index contributed by atoms with van der Waals surface area (Å²) in [5, 5.41) is 15.6. The van der Waals surface area contributed by atoms with E-state index in [0.717, 1.165) is 30.2 Å². The van der Waals surface area contributed by atoms with Crippen molar-refractivity contribution < 1.29 is 4.74 Å². The Hall–Kier alpha value is -3.00. The number of para-hydroxylation sites is 1. The summed E-state index contributed by atoms with van der Waals surface area (Å²) in [6.45, 7) is 4.04. The maximum atomic E-state index is 8.98. The van der Waals surface area contributed by atoms with Crippen LogP contribution in [0.25, 0.3) is 0 Å². The van der Waals surface area contributed by atoms with Crippen molar-refractivity contribution in [1.82, 2.24) is 10.6 Å². The first-order valence-electron chi connectivity index (χ1n) is 8.54. The molecule has 3 rings (SSSR count). The van der Waals surface area contributed by atoms with Gasteiger partial charge in [0.1, 0.15) is 11.9 Å². The Morgan fingerprint density at radius 1 is 1.24 bits per heavy atom. The quantitative estimate of drug-likeness (QED) is 0.651. The molecule has 0 aliphatic carbocycles. The second kappa shape index (κ2) is 8.20. The number of rotatable bonds is 5. The van der Waals surface area contributed by atoms with E-state index in [1.165, 1.54) is 5.56 Å². The van der Waals surface area contributed by atoms with Gasteiger partial charge in [-0.05, 0) is 36.2 Å². The Bertz CT molecular complexity index is 769. The molecule has 0 saturated heterocycles. The number of fused-ring (bicyclic) bond motifs is 1. The highest BCUT2D eigenvalue weighted by Gasteiger charge is 2.22. The highest BCUT2D eigenvalue weighted by molar-refractivity contribution is 5.79. The molecule has 1 heterocycles. The van der Waals surface area contributed by atoms with Gasteiger partial charge in [-0.25, -0.2) is 4.99 Å². The van der Waals surface area contributed by atoms with Gasteiger partial charge in [-0.3, -0.25) is 0 Å². The Morgan fingerprint density at radius 2 is 2.12 bits per heavy atom. The van der Waals surface area contributed by atoms with Gasteiger partial charge in [-0.2, -0.15) is 5.26 Å². The van der Waals surface area contributed by atoms with E-state index in [4.69, 9.17) is 10.00 Å². The van der Waals surface area contributed by atoms with Gasteiger partial charge in [-0.1, -0.05) is 30.3 Å². The minimum Gasteiger partial charge on any atom is -0.488 e. The number of guanidine groups is 1. The van der Waals surface area contributed by atoms with Gasteiger partial charge < -0.3 is 15.4 Å². The molecule has 1 aliphatic rings. The molecule has 1 unspecified atom stereocenters. The number of nitrogens with one attached hydrogen (secondary N) is 2. The standard InChI is InChI=1S/C20H22N4O/c1-2-22-20(23-13-16-7-5-6-15(10-16)12-21)24-14-18-11-17-8-3-4-9-19(17)25-18/h3-10,18H,2,11,13-14H2,1H3,(H2,22,23,24). The SMILES string of the molecule is CCNC(=NCc1cccc(C#N)c1)NCC1Cc2ccccc2O1. The summed E-state index contributed by atoms with van der Waals surface area (Å²) in [6.07, 6.45) is 1.02. The average Bonchev–Trinajstić information content (AvgIpc) is 3.07. The fraction of sp³-hybridized carbons (Fsp3) is 0.300. The lowest BCUT2D eigenvalue weighted by Gasteiger charge is -2.15. The van der Waals surface area contributed by atoms with Crippen LogP contribution in [0.15, 0.2) is 53.5 Å². The van der Waals surface area contributed by atoms with E-state index in [2.05, 4.69) is 27.8 Å². The molecule has 5 nitrogen and oxygen atoms in total. The van der Waals surface area contributed by atoms with E-state index in [1.807, 2.05) is 43.3 Å². The lowest BCUT2D eigenvalue weighted by Crippen LogP contribution is -2.42. The van der Waals surface area contributed by atoms with E-state index < -0.39 is 0 Å². The number of ether oxygens (including phenoxy) is 1. The van der Waals surface area contributed by atoms with Crippen molar-refractivity contribution in [2.45, 2.75) is 26.0 Å². The van der Waals surface area contributed by atoms with Gasteiger partial charge >= 0.3 is 0 Å². The molecule has 0 radical (unpaired) electrons. The number of nitrogens with zero attached hydrogens (tertiary/aromatic N) is 2. The minimum absolute atomic E-state index is 0.114. The molecule has 2 N–H and O–H groups in total. The van der Waals surface area contributed by atoms with Gasteiger partial charge in [0.05, 0.1) is 24.7 Å². The molecule has 0 fully saturated rings. The molecule has 2 aromatic carbocycles. The Labute approximate surface area is 148 Å². The molecule has 1 atom stereocenters. The van der Waals surface area contributed by atoms with Crippen molar-refractivity contribution in [1.29, 1.82) is 5.26 Å². The maximum absolute atomic E-state index is 8.98. The monoisotopic (exact) mass is 334 g/mol. The summed E-state index contributed by atoms with van der Waals surface area (Å²) >= 11 is 0. The lowest BCUT2D eigenvalue weighted by molar-refractivity contribution is 0.235. The van der Waals surface area contributed by atoms with Gasteiger partial charge in [0.25, 0.3) is 0 Å². The van der Waals surface area contributed by atoms with Crippen LogP contribution in [0.3, 0.4) is 0 Å². The molecule has 128 valence electrons. The van der Waals surface area contributed by atoms with Crippen LogP contribution in [0.1, 0.15) is 23.6 Å². The first-order valence-corrected chi connectivity index (χ1v) is 8.54. The van der Waals surface area contributed by atoms with Crippen molar-refractivity contribution in [3.63, 3.8) is 0 Å². The molecule has 0 bridgehead atoms. The van der Waals surface area contributed by atoms with Gasteiger partial charge in [-0.15, -0.1) is 0 Å². The summed E-state index contributed by atoms with van der Waals surface area (Å²) in [7, 11) is 0. The van der Waals surface area contributed by atoms with E-state index >= 15 is 0 Å². The third-order valence-corrected chi connectivity index (χ3v) is 4.03. The van der Waals surface area contributed by atoms with Gasteiger partial charge in [0, 0.05) is 13.0 Å². The largest absolute Gasteiger partial charge is 0.488 e. The van der Waals surface area contributed by atoms with Crippen molar-refractivity contribution >= 4 is 5.96 Å². The molecule has 2 aromatic rings. The van der Waals surface area contributed by atoms with Gasteiger partial charge in [0.2, 0.25) is 0 Å². The van der Waals surface area contributed by atoms with Crippen LogP contribution >= 0.6 is 0 Å². The second-order valence-corrected chi connectivity index (χ2v) is 5.94. The first-order chi connectivity index (χ1) is 12.3. The Morgan fingerprint density at radius 3 is 2.92 bits per heavy atom. The molecule has 1 aliphatic heterocycles. The predicted octanol–water partition coefficient (Wildman–Crippen LogP) is 2.62. The fourth-order valence-electron chi connectivity index (χ4n) is 2.83. The third kappa shape index (κ3) is 4.51. The number of hydrogen-bond donors (Lipinski definition) is 2. The van der Waals surface area contributed by atoms with Crippen LogP contribution in [0.5, 0.6) is 5.75 Å². The normalized spacial score (nSPS) is 15.8. The summed E-state index contributed by atoms with van der Waals surface area (Å²) < 4.78 is 5.95. The molecule has 25 heavy (non-hydrogen) atoms. The van der Waals surface area contributed by atoms with Crippen molar-refractivity contribution in [2.75, 3.05) is 13.1 Å². The van der Waals surface area contributed by atoms with Crippen molar-refractivity contribution in [3.8, 4) is 11.8 Å². The number of hydrogen-bond acceptors (Lipinski definition) is 3. The highest BCUT2D eigenvalue weighted by Crippen LogP contribution is 2.27. The zero-order chi connectivity index (χ0) is 17.5. The van der Waals surface area contributed by atoms with Crippen molar-refractivity contribution in [3.05, 3.63) is 65.2 Å². The third-order valence-electron chi connectivity index (χ3n) is 4.03. The highest BCUT2D eigenvalue weighted by atomic mass is 16.5. The number of nitriles is 1. The van der Waals surface area contributed by atoms with Crippen LogP contribution in [-0.2, 0) is 13.0 Å². The van der Waals surface area contributed by atoms with Crippen molar-refractivity contribution in [2.24, 2.45) is 4.99 Å². The van der Waals surface area contributed by atoms with Crippen LogP contribution in [-0.4, -0.2) is 25.2 Å². The molecular formula is C20H22N4O. The topological polar surface area (TPSA) is 69.4 Å². The summed E-state index contributed by atoms with van der Waals surface area (Å²) in [6, 6.07) is 17.8.